The molecule has 2 rings (SSSR count). The lowest BCUT2D eigenvalue weighted by Gasteiger charge is -2.13. The largest absolute Gasteiger partial charge is 0.323 e. The van der Waals surface area contributed by atoms with Crippen molar-refractivity contribution in [2.45, 2.75) is 24.9 Å². The molecule has 0 fully saturated rings. The molecule has 1 unspecified atom stereocenters. The Bertz CT molecular complexity index is 597. The highest BCUT2D eigenvalue weighted by molar-refractivity contribution is 7.99. The lowest BCUT2D eigenvalue weighted by molar-refractivity contribution is 0.563. The number of nitrogens with two attached hydrogens (primary N) is 1. The lowest BCUT2D eigenvalue weighted by atomic mass is 10.1. The smallest absolute Gasteiger partial charge is 0.130 e. The average molecular weight is 294 g/mol. The fourth-order valence-corrected chi connectivity index (χ4v) is 2.95. The fraction of sp³-hybridized carbons (Fsp3) is 0.267. The molecule has 0 amide bonds. The zero-order valence-corrected chi connectivity index (χ0v) is 12.2. The third-order valence-corrected chi connectivity index (χ3v) is 3.88. The molecule has 0 aliphatic carbocycles. The second kappa shape index (κ2) is 6.33. The molecule has 2 nitrogen and oxygen atoms in total. The predicted octanol–water partition coefficient (Wildman–Crippen LogP) is 3.77. The fourth-order valence-electron chi connectivity index (χ4n) is 1.95. The second-order valence-electron chi connectivity index (χ2n) is 4.71. The predicted molar refractivity (Wildman–Crippen MR) is 77.7 cm³/mol. The molecule has 1 aromatic heterocycles. The van der Waals surface area contributed by atoms with Crippen LogP contribution in [0.4, 0.5) is 8.78 Å². The van der Waals surface area contributed by atoms with Crippen LogP contribution < -0.4 is 5.73 Å². The Kier molecular flexibility index (Phi) is 4.73. The molecule has 0 radical (unpaired) electrons. The number of thioether (sulfide) groups is 1. The lowest BCUT2D eigenvalue weighted by Crippen LogP contribution is -2.15. The first-order chi connectivity index (χ1) is 9.45. The summed E-state index contributed by atoms with van der Waals surface area (Å²) < 4.78 is 26.5. The van der Waals surface area contributed by atoms with Gasteiger partial charge in [-0.15, -0.1) is 11.8 Å². The summed E-state index contributed by atoms with van der Waals surface area (Å²) in [7, 11) is 0. The summed E-state index contributed by atoms with van der Waals surface area (Å²) in [6.07, 6.45) is 0. The molecule has 0 aliphatic rings. The van der Waals surface area contributed by atoms with Crippen LogP contribution in [0.15, 0.2) is 35.4 Å². The molecule has 1 aromatic carbocycles. The van der Waals surface area contributed by atoms with Crippen LogP contribution in [0.1, 0.15) is 22.9 Å². The molecule has 20 heavy (non-hydrogen) atoms. The highest BCUT2D eigenvalue weighted by atomic mass is 32.2. The van der Waals surface area contributed by atoms with Gasteiger partial charge >= 0.3 is 0 Å². The first-order valence-electron chi connectivity index (χ1n) is 6.24. The van der Waals surface area contributed by atoms with Crippen molar-refractivity contribution in [3.63, 3.8) is 0 Å². The van der Waals surface area contributed by atoms with Crippen molar-refractivity contribution in [3.8, 4) is 0 Å². The summed E-state index contributed by atoms with van der Waals surface area (Å²) in [6, 6.07) is 6.93. The number of rotatable bonds is 4. The molecule has 5 heteroatoms. The van der Waals surface area contributed by atoms with Crippen molar-refractivity contribution >= 4 is 11.8 Å². The molecule has 0 bridgehead atoms. The van der Waals surface area contributed by atoms with E-state index in [0.717, 1.165) is 22.3 Å². The first-order valence-corrected chi connectivity index (χ1v) is 7.23. The van der Waals surface area contributed by atoms with E-state index in [4.69, 9.17) is 5.73 Å². The Morgan fingerprint density at radius 1 is 1.20 bits per heavy atom. The van der Waals surface area contributed by atoms with Gasteiger partial charge in [-0.05, 0) is 37.6 Å². The van der Waals surface area contributed by atoms with Gasteiger partial charge in [-0.1, -0.05) is 6.07 Å². The van der Waals surface area contributed by atoms with Crippen LogP contribution in [-0.4, -0.2) is 10.7 Å². The second-order valence-corrected chi connectivity index (χ2v) is 5.75. The zero-order valence-electron chi connectivity index (χ0n) is 11.4. The maximum atomic E-state index is 13.6. The number of hydrogen-bond acceptors (Lipinski definition) is 3. The summed E-state index contributed by atoms with van der Waals surface area (Å²) in [4.78, 5) is 4.39. The number of nitrogens with zero attached hydrogens (tertiary/aromatic N) is 1. The maximum Gasteiger partial charge on any atom is 0.130 e. The first kappa shape index (κ1) is 14.9. The molecule has 106 valence electrons. The quantitative estimate of drug-likeness (QED) is 0.872. The zero-order chi connectivity index (χ0) is 14.7. The Morgan fingerprint density at radius 3 is 2.60 bits per heavy atom. The van der Waals surface area contributed by atoms with Crippen LogP contribution in [0.5, 0.6) is 0 Å². The van der Waals surface area contributed by atoms with Crippen LogP contribution in [0, 0.1) is 25.5 Å². The van der Waals surface area contributed by atoms with E-state index in [1.54, 1.807) is 0 Å². The Labute approximate surface area is 121 Å². The molecule has 1 atom stereocenters. The van der Waals surface area contributed by atoms with Crippen LogP contribution in [0.2, 0.25) is 0 Å². The van der Waals surface area contributed by atoms with Gasteiger partial charge in [0.05, 0.1) is 5.03 Å². The molecule has 0 spiro atoms. The van der Waals surface area contributed by atoms with Crippen LogP contribution in [0.25, 0.3) is 0 Å². The molecular formula is C15H16F2N2S. The van der Waals surface area contributed by atoms with Gasteiger partial charge in [0.25, 0.3) is 0 Å². The van der Waals surface area contributed by atoms with Gasteiger partial charge in [-0.2, -0.15) is 0 Å². The van der Waals surface area contributed by atoms with E-state index in [9.17, 15) is 8.78 Å². The highest BCUT2D eigenvalue weighted by Crippen LogP contribution is 2.24. The van der Waals surface area contributed by atoms with E-state index in [1.165, 1.54) is 23.9 Å². The van der Waals surface area contributed by atoms with E-state index in [1.807, 2.05) is 26.0 Å². The molecule has 2 N–H and O–H groups in total. The monoisotopic (exact) mass is 294 g/mol. The van der Waals surface area contributed by atoms with Gasteiger partial charge in [0.15, 0.2) is 0 Å². The molecule has 0 saturated carbocycles. The summed E-state index contributed by atoms with van der Waals surface area (Å²) in [5, 5.41) is 0.862. The third kappa shape index (κ3) is 3.77. The Balaban J connectivity index is 2.06. The number of aryl methyl sites for hydroxylation is 2. The minimum absolute atomic E-state index is 0.322. The van der Waals surface area contributed by atoms with Crippen molar-refractivity contribution in [3.05, 3.63) is 58.8 Å². The van der Waals surface area contributed by atoms with E-state index in [-0.39, 0.29) is 0 Å². The Hall–Kier alpha value is -1.46. The van der Waals surface area contributed by atoms with Crippen LogP contribution >= 0.6 is 11.8 Å². The van der Waals surface area contributed by atoms with Crippen molar-refractivity contribution < 1.29 is 8.78 Å². The maximum absolute atomic E-state index is 13.6. The van der Waals surface area contributed by atoms with Crippen molar-refractivity contribution in [1.29, 1.82) is 0 Å². The van der Waals surface area contributed by atoms with E-state index < -0.39 is 17.7 Å². The minimum Gasteiger partial charge on any atom is -0.323 e. The van der Waals surface area contributed by atoms with E-state index in [0.29, 0.717) is 11.3 Å². The number of halogens is 2. The van der Waals surface area contributed by atoms with E-state index in [2.05, 4.69) is 4.98 Å². The number of pyridine rings is 1. The van der Waals surface area contributed by atoms with Gasteiger partial charge in [-0.25, -0.2) is 13.8 Å². The van der Waals surface area contributed by atoms with Gasteiger partial charge in [0, 0.05) is 29.1 Å². The van der Waals surface area contributed by atoms with Crippen LogP contribution in [0.3, 0.4) is 0 Å². The third-order valence-electron chi connectivity index (χ3n) is 2.85. The van der Waals surface area contributed by atoms with E-state index >= 15 is 0 Å². The van der Waals surface area contributed by atoms with Gasteiger partial charge in [0.1, 0.15) is 11.6 Å². The van der Waals surface area contributed by atoms with Crippen molar-refractivity contribution in [2.24, 2.45) is 5.73 Å². The van der Waals surface area contributed by atoms with Crippen LogP contribution in [-0.2, 0) is 0 Å². The highest BCUT2D eigenvalue weighted by Gasteiger charge is 2.13. The van der Waals surface area contributed by atoms with Gasteiger partial charge < -0.3 is 5.73 Å². The summed E-state index contributed by atoms with van der Waals surface area (Å²) >= 11 is 1.47. The van der Waals surface area contributed by atoms with Gasteiger partial charge in [0.2, 0.25) is 0 Å². The number of benzene rings is 1. The summed E-state index contributed by atoms with van der Waals surface area (Å²) in [6.45, 7) is 3.93. The van der Waals surface area contributed by atoms with Crippen molar-refractivity contribution in [2.75, 3.05) is 5.75 Å². The number of aromatic nitrogens is 1. The Morgan fingerprint density at radius 2 is 1.95 bits per heavy atom. The molecule has 0 aliphatic heterocycles. The molecule has 2 aromatic rings. The average Bonchev–Trinajstić information content (AvgIpc) is 2.35. The topological polar surface area (TPSA) is 38.9 Å². The van der Waals surface area contributed by atoms with Crippen molar-refractivity contribution in [1.82, 2.24) is 4.98 Å². The SMILES string of the molecule is Cc1cc(C)nc(SCC(N)c2ccc(F)cc2F)c1. The molecule has 0 saturated heterocycles. The molecular weight excluding hydrogens is 278 g/mol. The summed E-state index contributed by atoms with van der Waals surface area (Å²) in [5.74, 6) is -0.716. The summed E-state index contributed by atoms with van der Waals surface area (Å²) in [5.41, 5.74) is 8.35. The number of hydrogen-bond donors (Lipinski definition) is 1. The normalized spacial score (nSPS) is 12.4. The minimum atomic E-state index is -0.605. The standard InChI is InChI=1S/C15H16F2N2S/c1-9-5-10(2)19-15(6-9)20-8-14(18)12-4-3-11(16)7-13(12)17/h3-7,14H,8,18H2,1-2H3. The van der Waals surface area contributed by atoms with Gasteiger partial charge in [-0.3, -0.25) is 0 Å². The molecule has 1 heterocycles.